The predicted molar refractivity (Wildman–Crippen MR) is 83.1 cm³/mol. The maximum atomic E-state index is 12.3. The van der Waals surface area contributed by atoms with Crippen LogP contribution in [-0.4, -0.2) is 31.0 Å². The zero-order valence-electron chi connectivity index (χ0n) is 12.0. The zero-order valence-corrected chi connectivity index (χ0v) is 12.0. The zero-order chi connectivity index (χ0) is 15.5. The molecule has 2 N–H and O–H groups in total. The summed E-state index contributed by atoms with van der Waals surface area (Å²) in [5.41, 5.74) is 7.46. The number of fused-ring (bicyclic) bond motifs is 1. The number of nitrogen functional groups attached to an aromatic ring is 1. The molecule has 0 spiro atoms. The topological polar surface area (TPSA) is 77.2 Å². The number of nitrogens with zero attached hydrogens (tertiary/aromatic N) is 2. The Balaban J connectivity index is 1.75. The van der Waals surface area contributed by atoms with Crippen molar-refractivity contribution < 1.29 is 14.3 Å². The Bertz CT molecular complexity index is 743. The minimum absolute atomic E-state index is 0.224. The van der Waals surface area contributed by atoms with Crippen LogP contribution in [0.25, 0.3) is 0 Å². The van der Waals surface area contributed by atoms with E-state index in [1.54, 1.807) is 49.7 Å². The summed E-state index contributed by atoms with van der Waals surface area (Å²) in [6.45, 7) is 0.224. The Morgan fingerprint density at radius 3 is 2.82 bits per heavy atom. The Morgan fingerprint density at radius 1 is 1.23 bits per heavy atom. The summed E-state index contributed by atoms with van der Waals surface area (Å²) in [7, 11) is 1.58. The van der Waals surface area contributed by atoms with Crippen LogP contribution in [-0.2, 0) is 0 Å². The van der Waals surface area contributed by atoms with Gasteiger partial charge in [0.25, 0.3) is 5.91 Å². The van der Waals surface area contributed by atoms with Crippen LogP contribution >= 0.6 is 0 Å². The molecular weight excluding hydrogens is 282 g/mol. The number of rotatable bonds is 3. The van der Waals surface area contributed by atoms with Crippen molar-refractivity contribution in [3.05, 3.63) is 53.6 Å². The first-order chi connectivity index (χ1) is 10.6. The molecule has 2 aromatic rings. The molecular formula is C16H15N3O3. The van der Waals surface area contributed by atoms with Gasteiger partial charge in [0, 0.05) is 12.7 Å². The van der Waals surface area contributed by atoms with E-state index in [2.05, 4.69) is 5.10 Å². The summed E-state index contributed by atoms with van der Waals surface area (Å²) in [6.07, 6.45) is 1.58. The molecule has 0 aliphatic carbocycles. The molecule has 6 heteroatoms. The molecule has 3 rings (SSSR count). The van der Waals surface area contributed by atoms with E-state index in [-0.39, 0.29) is 12.7 Å². The molecule has 6 nitrogen and oxygen atoms in total. The van der Waals surface area contributed by atoms with Gasteiger partial charge in [-0.15, -0.1) is 0 Å². The Morgan fingerprint density at radius 2 is 2.00 bits per heavy atom. The molecule has 22 heavy (non-hydrogen) atoms. The van der Waals surface area contributed by atoms with Gasteiger partial charge >= 0.3 is 0 Å². The van der Waals surface area contributed by atoms with Crippen LogP contribution in [0.15, 0.2) is 47.6 Å². The number of carbonyl (C=O) groups is 1. The van der Waals surface area contributed by atoms with Crippen molar-refractivity contribution >= 4 is 17.8 Å². The summed E-state index contributed by atoms with van der Waals surface area (Å²) in [5, 5.41) is 5.39. The van der Waals surface area contributed by atoms with Crippen molar-refractivity contribution in [3.63, 3.8) is 0 Å². The van der Waals surface area contributed by atoms with Gasteiger partial charge in [0.1, 0.15) is 0 Å². The van der Waals surface area contributed by atoms with Gasteiger partial charge in [-0.2, -0.15) is 5.10 Å². The Hall–Kier alpha value is -3.02. The molecule has 1 heterocycles. The van der Waals surface area contributed by atoms with Gasteiger partial charge in [0.2, 0.25) is 6.79 Å². The van der Waals surface area contributed by atoms with E-state index < -0.39 is 0 Å². The maximum Gasteiger partial charge on any atom is 0.275 e. The normalized spacial score (nSPS) is 12.6. The van der Waals surface area contributed by atoms with Gasteiger partial charge in [-0.05, 0) is 35.9 Å². The first kappa shape index (κ1) is 13.9. The second kappa shape index (κ2) is 5.77. The van der Waals surface area contributed by atoms with E-state index in [4.69, 9.17) is 15.2 Å². The Labute approximate surface area is 127 Å². The average Bonchev–Trinajstić information content (AvgIpc) is 3.00. The molecule has 0 unspecified atom stereocenters. The smallest absolute Gasteiger partial charge is 0.275 e. The number of hydrazone groups is 1. The minimum Gasteiger partial charge on any atom is -0.454 e. The second-order valence-corrected chi connectivity index (χ2v) is 4.77. The molecule has 1 aliphatic rings. The highest BCUT2D eigenvalue weighted by Gasteiger charge is 2.14. The SMILES string of the molecule is CN(N=Cc1ccc2c(c1)OCO2)C(=O)c1ccccc1N. The summed E-state index contributed by atoms with van der Waals surface area (Å²) >= 11 is 0. The summed E-state index contributed by atoms with van der Waals surface area (Å²) in [4.78, 5) is 12.3. The molecule has 0 fully saturated rings. The first-order valence-corrected chi connectivity index (χ1v) is 6.71. The molecule has 0 saturated carbocycles. The Kier molecular flexibility index (Phi) is 3.65. The molecule has 1 amide bonds. The molecule has 0 radical (unpaired) electrons. The fraction of sp³-hybridized carbons (Fsp3) is 0.125. The van der Waals surface area contributed by atoms with Crippen LogP contribution in [0.1, 0.15) is 15.9 Å². The van der Waals surface area contributed by atoms with Crippen LogP contribution in [0, 0.1) is 0 Å². The van der Waals surface area contributed by atoms with Gasteiger partial charge in [-0.1, -0.05) is 12.1 Å². The van der Waals surface area contributed by atoms with Crippen molar-refractivity contribution in [2.45, 2.75) is 0 Å². The number of nitrogens with two attached hydrogens (primary N) is 1. The number of amides is 1. The standard InChI is InChI=1S/C16H15N3O3/c1-19(16(20)12-4-2-3-5-13(12)17)18-9-11-6-7-14-15(8-11)22-10-21-14/h2-9H,10,17H2,1H3. The van der Waals surface area contributed by atoms with Crippen molar-refractivity contribution in [1.29, 1.82) is 0 Å². The summed E-state index contributed by atoms with van der Waals surface area (Å²) in [5.74, 6) is 1.11. The third-order valence-corrected chi connectivity index (χ3v) is 3.26. The number of ether oxygens (including phenoxy) is 2. The molecule has 0 saturated heterocycles. The quantitative estimate of drug-likeness (QED) is 0.534. The lowest BCUT2D eigenvalue weighted by Crippen LogP contribution is -2.22. The van der Waals surface area contributed by atoms with Gasteiger partial charge < -0.3 is 15.2 Å². The van der Waals surface area contributed by atoms with E-state index in [9.17, 15) is 4.79 Å². The largest absolute Gasteiger partial charge is 0.454 e. The van der Waals surface area contributed by atoms with Gasteiger partial charge in [0.15, 0.2) is 11.5 Å². The average molecular weight is 297 g/mol. The number of hydrogen-bond acceptors (Lipinski definition) is 5. The van der Waals surface area contributed by atoms with E-state index in [0.717, 1.165) is 5.56 Å². The second-order valence-electron chi connectivity index (χ2n) is 4.77. The fourth-order valence-electron chi connectivity index (χ4n) is 2.07. The highest BCUT2D eigenvalue weighted by atomic mass is 16.7. The molecule has 2 aromatic carbocycles. The minimum atomic E-state index is -0.268. The maximum absolute atomic E-state index is 12.3. The van der Waals surface area contributed by atoms with Crippen molar-refractivity contribution in [1.82, 2.24) is 5.01 Å². The third-order valence-electron chi connectivity index (χ3n) is 3.26. The summed E-state index contributed by atoms with van der Waals surface area (Å²) in [6, 6.07) is 12.3. The molecule has 0 aromatic heterocycles. The number of anilines is 1. The molecule has 1 aliphatic heterocycles. The van der Waals surface area contributed by atoms with E-state index in [0.29, 0.717) is 22.7 Å². The van der Waals surface area contributed by atoms with E-state index in [1.807, 2.05) is 6.07 Å². The molecule has 0 bridgehead atoms. The van der Waals surface area contributed by atoms with Gasteiger partial charge in [-0.3, -0.25) is 4.79 Å². The first-order valence-electron chi connectivity index (χ1n) is 6.71. The number of para-hydroxylation sites is 1. The van der Waals surface area contributed by atoms with Gasteiger partial charge in [-0.25, -0.2) is 5.01 Å². The monoisotopic (exact) mass is 297 g/mol. The van der Waals surface area contributed by atoms with Crippen molar-refractivity contribution in [3.8, 4) is 11.5 Å². The molecule has 0 atom stereocenters. The lowest BCUT2D eigenvalue weighted by atomic mass is 10.1. The highest BCUT2D eigenvalue weighted by molar-refractivity contribution is 5.99. The van der Waals surface area contributed by atoms with Crippen LogP contribution in [0.3, 0.4) is 0 Å². The molecule has 112 valence electrons. The lowest BCUT2D eigenvalue weighted by Gasteiger charge is -2.12. The third kappa shape index (κ3) is 2.71. The predicted octanol–water partition coefficient (Wildman–Crippen LogP) is 2.10. The lowest BCUT2D eigenvalue weighted by molar-refractivity contribution is 0.0801. The van der Waals surface area contributed by atoms with Crippen molar-refractivity contribution in [2.75, 3.05) is 19.6 Å². The van der Waals surface area contributed by atoms with E-state index >= 15 is 0 Å². The van der Waals surface area contributed by atoms with Crippen LogP contribution in [0.4, 0.5) is 5.69 Å². The number of benzene rings is 2. The van der Waals surface area contributed by atoms with Gasteiger partial charge in [0.05, 0.1) is 11.8 Å². The van der Waals surface area contributed by atoms with Crippen molar-refractivity contribution in [2.24, 2.45) is 5.10 Å². The van der Waals surface area contributed by atoms with Crippen LogP contribution in [0.2, 0.25) is 0 Å². The highest BCUT2D eigenvalue weighted by Crippen LogP contribution is 2.32. The number of carbonyl (C=O) groups excluding carboxylic acids is 1. The number of hydrogen-bond donors (Lipinski definition) is 1. The van der Waals surface area contributed by atoms with E-state index in [1.165, 1.54) is 5.01 Å². The fourth-order valence-corrected chi connectivity index (χ4v) is 2.07. The van der Waals surface area contributed by atoms with Crippen LogP contribution in [0.5, 0.6) is 11.5 Å². The van der Waals surface area contributed by atoms with Crippen LogP contribution < -0.4 is 15.2 Å². The summed E-state index contributed by atoms with van der Waals surface area (Å²) < 4.78 is 10.5.